The van der Waals surface area contributed by atoms with Gasteiger partial charge in [0.1, 0.15) is 18.1 Å². The van der Waals surface area contributed by atoms with Crippen molar-refractivity contribution in [1.82, 2.24) is 0 Å². The van der Waals surface area contributed by atoms with Gasteiger partial charge >= 0.3 is 5.97 Å². The molecule has 0 unspecified atom stereocenters. The first kappa shape index (κ1) is 21.4. The highest BCUT2D eigenvalue weighted by Gasteiger charge is 2.08. The standard InChI is InChI=1S/C26H28O4/c1-19(2)30-25-10-5-4-9-24(25)22-8-6-7-21(17-22)18-29-23-14-11-20(12-15-23)13-16-26(27)28-3/h4-12,14-15,17,19H,13,16,18H2,1-3H3. The molecule has 0 fully saturated rings. The van der Waals surface area contributed by atoms with E-state index in [1.165, 1.54) is 7.11 Å². The van der Waals surface area contributed by atoms with E-state index >= 15 is 0 Å². The highest BCUT2D eigenvalue weighted by Crippen LogP contribution is 2.31. The van der Waals surface area contributed by atoms with Crippen LogP contribution in [0.1, 0.15) is 31.4 Å². The SMILES string of the molecule is COC(=O)CCc1ccc(OCc2cccc(-c3ccccc3OC(C)C)c2)cc1. The van der Waals surface area contributed by atoms with Gasteiger partial charge in [-0.2, -0.15) is 0 Å². The van der Waals surface area contributed by atoms with Crippen molar-refractivity contribution < 1.29 is 19.0 Å². The lowest BCUT2D eigenvalue weighted by Crippen LogP contribution is -2.06. The normalized spacial score (nSPS) is 10.7. The number of benzene rings is 3. The lowest BCUT2D eigenvalue weighted by atomic mass is 10.0. The van der Waals surface area contributed by atoms with Gasteiger partial charge in [0.05, 0.1) is 13.2 Å². The average Bonchev–Trinajstić information content (AvgIpc) is 2.77. The maximum absolute atomic E-state index is 11.3. The third-order valence-corrected chi connectivity index (χ3v) is 4.66. The minimum absolute atomic E-state index is 0.119. The second-order valence-corrected chi connectivity index (χ2v) is 7.37. The molecule has 156 valence electrons. The zero-order chi connectivity index (χ0) is 21.3. The summed E-state index contributed by atoms with van der Waals surface area (Å²) in [6.45, 7) is 4.53. The van der Waals surface area contributed by atoms with Gasteiger partial charge in [0.25, 0.3) is 0 Å². The van der Waals surface area contributed by atoms with Gasteiger partial charge in [-0.25, -0.2) is 0 Å². The van der Waals surface area contributed by atoms with Crippen LogP contribution in [-0.4, -0.2) is 19.2 Å². The van der Waals surface area contributed by atoms with Crippen molar-refractivity contribution in [3.05, 3.63) is 83.9 Å². The van der Waals surface area contributed by atoms with Crippen LogP contribution in [0.15, 0.2) is 72.8 Å². The molecule has 0 radical (unpaired) electrons. The Morgan fingerprint density at radius 2 is 1.67 bits per heavy atom. The Hall–Kier alpha value is -3.27. The first-order chi connectivity index (χ1) is 14.5. The number of esters is 1. The van der Waals surface area contributed by atoms with Gasteiger partial charge in [-0.15, -0.1) is 0 Å². The van der Waals surface area contributed by atoms with Crippen molar-refractivity contribution >= 4 is 5.97 Å². The molecule has 0 N–H and O–H groups in total. The summed E-state index contributed by atoms with van der Waals surface area (Å²) in [6, 6.07) is 24.2. The van der Waals surface area contributed by atoms with Crippen LogP contribution in [0.3, 0.4) is 0 Å². The second-order valence-electron chi connectivity index (χ2n) is 7.37. The highest BCUT2D eigenvalue weighted by molar-refractivity contribution is 5.71. The Kier molecular flexibility index (Phi) is 7.50. The van der Waals surface area contributed by atoms with E-state index in [4.69, 9.17) is 9.47 Å². The van der Waals surface area contributed by atoms with Crippen LogP contribution in [0.2, 0.25) is 0 Å². The van der Waals surface area contributed by atoms with Gasteiger partial charge in [0.2, 0.25) is 0 Å². The molecule has 0 aliphatic rings. The quantitative estimate of drug-likeness (QED) is 0.421. The number of hydrogen-bond donors (Lipinski definition) is 0. The smallest absolute Gasteiger partial charge is 0.305 e. The van der Waals surface area contributed by atoms with Crippen molar-refractivity contribution in [3.63, 3.8) is 0 Å². The molecule has 0 amide bonds. The van der Waals surface area contributed by atoms with Crippen LogP contribution >= 0.6 is 0 Å². The molecule has 4 nitrogen and oxygen atoms in total. The van der Waals surface area contributed by atoms with Gasteiger partial charge in [0.15, 0.2) is 0 Å². The number of hydrogen-bond acceptors (Lipinski definition) is 4. The third kappa shape index (κ3) is 6.11. The van der Waals surface area contributed by atoms with Crippen LogP contribution in [-0.2, 0) is 22.6 Å². The molecule has 0 aromatic heterocycles. The Morgan fingerprint density at radius 1 is 0.900 bits per heavy atom. The molecule has 4 heteroatoms. The summed E-state index contributed by atoms with van der Waals surface area (Å²) in [5.74, 6) is 1.48. The molecule has 0 spiro atoms. The number of rotatable bonds is 9. The van der Waals surface area contributed by atoms with E-state index in [1.54, 1.807) is 0 Å². The van der Waals surface area contributed by atoms with Gasteiger partial charge < -0.3 is 14.2 Å². The zero-order valence-electron chi connectivity index (χ0n) is 17.8. The molecular formula is C26H28O4. The summed E-state index contributed by atoms with van der Waals surface area (Å²) in [6.07, 6.45) is 1.16. The molecule has 3 rings (SSSR count). The van der Waals surface area contributed by atoms with Crippen molar-refractivity contribution in [2.75, 3.05) is 7.11 Å². The van der Waals surface area contributed by atoms with E-state index in [-0.39, 0.29) is 12.1 Å². The number of para-hydroxylation sites is 1. The summed E-state index contributed by atoms with van der Waals surface area (Å²) in [7, 11) is 1.41. The van der Waals surface area contributed by atoms with Crippen LogP contribution < -0.4 is 9.47 Å². The van der Waals surface area contributed by atoms with Crippen LogP contribution in [0.4, 0.5) is 0 Å². The summed E-state index contributed by atoms with van der Waals surface area (Å²) < 4.78 is 16.6. The van der Waals surface area contributed by atoms with E-state index in [2.05, 4.69) is 29.0 Å². The maximum Gasteiger partial charge on any atom is 0.305 e. The Labute approximate surface area is 178 Å². The first-order valence-corrected chi connectivity index (χ1v) is 10.2. The van der Waals surface area contributed by atoms with Crippen molar-refractivity contribution in [1.29, 1.82) is 0 Å². The molecule has 0 saturated heterocycles. The minimum Gasteiger partial charge on any atom is -0.490 e. The second kappa shape index (κ2) is 10.5. The maximum atomic E-state index is 11.3. The van der Waals surface area contributed by atoms with Crippen LogP contribution in [0, 0.1) is 0 Å². The number of ether oxygens (including phenoxy) is 3. The molecule has 30 heavy (non-hydrogen) atoms. The minimum atomic E-state index is -0.199. The predicted octanol–water partition coefficient (Wildman–Crippen LogP) is 5.83. The van der Waals surface area contributed by atoms with Crippen molar-refractivity contribution in [2.45, 2.75) is 39.4 Å². The average molecular weight is 405 g/mol. The molecule has 0 saturated carbocycles. The van der Waals surface area contributed by atoms with E-state index in [9.17, 15) is 4.79 Å². The van der Waals surface area contributed by atoms with E-state index in [0.717, 1.165) is 33.8 Å². The molecule has 3 aromatic rings. The number of methoxy groups -OCH3 is 1. The van der Waals surface area contributed by atoms with Gasteiger partial charge in [-0.3, -0.25) is 4.79 Å². The van der Waals surface area contributed by atoms with E-state index in [0.29, 0.717) is 19.4 Å². The summed E-state index contributed by atoms with van der Waals surface area (Å²) >= 11 is 0. The molecular weight excluding hydrogens is 376 g/mol. The van der Waals surface area contributed by atoms with Gasteiger partial charge in [0, 0.05) is 12.0 Å². The number of aryl methyl sites for hydroxylation is 1. The lowest BCUT2D eigenvalue weighted by Gasteiger charge is -2.15. The monoisotopic (exact) mass is 404 g/mol. The predicted molar refractivity (Wildman–Crippen MR) is 119 cm³/mol. The van der Waals surface area contributed by atoms with E-state index in [1.807, 2.05) is 62.4 Å². The number of carbonyl (C=O) groups excluding carboxylic acids is 1. The van der Waals surface area contributed by atoms with Crippen molar-refractivity contribution in [2.24, 2.45) is 0 Å². The van der Waals surface area contributed by atoms with Gasteiger partial charge in [-0.05, 0) is 61.2 Å². The Morgan fingerprint density at radius 3 is 2.40 bits per heavy atom. The fourth-order valence-corrected chi connectivity index (χ4v) is 3.16. The fourth-order valence-electron chi connectivity index (χ4n) is 3.16. The molecule has 0 aliphatic heterocycles. The van der Waals surface area contributed by atoms with E-state index < -0.39 is 0 Å². The summed E-state index contributed by atoms with van der Waals surface area (Å²) in [5, 5.41) is 0. The van der Waals surface area contributed by atoms with Crippen molar-refractivity contribution in [3.8, 4) is 22.6 Å². The number of carbonyl (C=O) groups is 1. The molecule has 0 heterocycles. The first-order valence-electron chi connectivity index (χ1n) is 10.2. The molecule has 0 atom stereocenters. The van der Waals surface area contributed by atoms with Crippen LogP contribution in [0.25, 0.3) is 11.1 Å². The third-order valence-electron chi connectivity index (χ3n) is 4.66. The Balaban J connectivity index is 1.64. The summed E-state index contributed by atoms with van der Waals surface area (Å²) in [4.78, 5) is 11.3. The zero-order valence-corrected chi connectivity index (χ0v) is 17.8. The largest absolute Gasteiger partial charge is 0.490 e. The lowest BCUT2D eigenvalue weighted by molar-refractivity contribution is -0.140. The fraction of sp³-hybridized carbons (Fsp3) is 0.269. The van der Waals surface area contributed by atoms with Gasteiger partial charge in [-0.1, -0.05) is 48.5 Å². The molecule has 0 bridgehead atoms. The molecule has 0 aliphatic carbocycles. The topological polar surface area (TPSA) is 44.8 Å². The van der Waals surface area contributed by atoms with Crippen LogP contribution in [0.5, 0.6) is 11.5 Å². The molecule has 3 aromatic carbocycles. The summed E-state index contributed by atoms with van der Waals surface area (Å²) in [5.41, 5.74) is 4.34. The Bertz CT molecular complexity index is 961. The highest BCUT2D eigenvalue weighted by atomic mass is 16.5.